The van der Waals surface area contributed by atoms with E-state index in [2.05, 4.69) is 11.6 Å². The lowest BCUT2D eigenvalue weighted by Crippen LogP contribution is -2.02. The molecule has 0 rings (SSSR count). The topological polar surface area (TPSA) is 28.1 Å². The second-order valence-electron chi connectivity index (χ2n) is 1.11. The number of hydrogen-bond donors (Lipinski definition) is 0. The van der Waals surface area contributed by atoms with Gasteiger partial charge in [-0.1, -0.05) is 6.58 Å². The van der Waals surface area contributed by atoms with Gasteiger partial charge in [-0.15, -0.1) is 0 Å². The molecule has 0 fully saturated rings. The number of halogens is 4. The molecule has 0 spiro atoms. The molecule has 0 bridgehead atoms. The van der Waals surface area contributed by atoms with Gasteiger partial charge >= 0.3 is 13.8 Å². The molecule has 0 aromatic carbocycles. The van der Waals surface area contributed by atoms with Crippen molar-refractivity contribution in [3.63, 3.8) is 0 Å². The molecular weight excluding hydrogens is 151 g/mol. The van der Waals surface area contributed by atoms with E-state index >= 15 is 0 Å². The van der Waals surface area contributed by atoms with E-state index in [1.807, 2.05) is 0 Å². The van der Waals surface area contributed by atoms with Gasteiger partial charge in [-0.25, -0.2) is 0 Å². The van der Waals surface area contributed by atoms with Gasteiger partial charge in [0.05, 0.1) is 0 Å². The summed E-state index contributed by atoms with van der Waals surface area (Å²) in [6.45, 7) is 3.63. The Morgan fingerprint density at radius 2 is 1.70 bits per heavy atom. The van der Waals surface area contributed by atoms with Gasteiger partial charge in [-0.05, 0) is 6.08 Å². The average Bonchev–Trinajstić information content (AvgIpc) is 1.63. The summed E-state index contributed by atoms with van der Waals surface area (Å²) in [5, 5.41) is 7.62. The molecule has 0 saturated carbocycles. The molecule has 0 aromatic heterocycles. The van der Waals surface area contributed by atoms with Crippen LogP contribution in [0.2, 0.25) is 0 Å². The Balaban J connectivity index is 0. The van der Waals surface area contributed by atoms with E-state index < -0.39 is 7.25 Å². The molecule has 0 unspecified atom stereocenters. The van der Waals surface area contributed by atoms with E-state index in [1.54, 1.807) is 0 Å². The van der Waals surface area contributed by atoms with Gasteiger partial charge in [0.2, 0.25) is 5.39 Å². The molecule has 10 heavy (non-hydrogen) atoms. The van der Waals surface area contributed by atoms with Crippen molar-refractivity contribution in [3.05, 3.63) is 17.6 Å². The molecule has 0 aliphatic rings. The molecule has 58 valence electrons. The lowest BCUT2D eigenvalue weighted by atomic mass is 10.3. The zero-order valence-electron chi connectivity index (χ0n) is 4.98. The summed E-state index contributed by atoms with van der Waals surface area (Å²) in [6, 6.07) is 0. The van der Waals surface area contributed by atoms with Crippen molar-refractivity contribution in [2.45, 2.75) is 0 Å². The molecule has 0 radical (unpaired) electrons. The summed E-state index contributed by atoms with van der Waals surface area (Å²) >= 11 is 0. The zero-order valence-corrected chi connectivity index (χ0v) is 4.98. The second-order valence-corrected chi connectivity index (χ2v) is 1.11. The Morgan fingerprint density at radius 1 is 1.40 bits per heavy atom. The Kier molecular flexibility index (Phi) is 7.11. The predicted molar refractivity (Wildman–Crippen MR) is 30.3 cm³/mol. The Hall–Kier alpha value is -1.06. The van der Waals surface area contributed by atoms with Crippen LogP contribution in [-0.4, -0.2) is 13.8 Å². The first kappa shape index (κ1) is 11.7. The van der Waals surface area contributed by atoms with Crippen LogP contribution in [-0.2, 0) is 0 Å². The van der Waals surface area contributed by atoms with E-state index in [9.17, 15) is 17.3 Å². The first-order chi connectivity index (χ1) is 4.41. The molecule has 0 aliphatic heterocycles. The number of hydrogen-bond acceptors (Lipinski definition) is 1. The lowest BCUT2D eigenvalue weighted by molar-refractivity contribution is 0.368. The minimum atomic E-state index is -6.00. The molecule has 0 atom stereocenters. The van der Waals surface area contributed by atoms with E-state index in [0.717, 1.165) is 0 Å². The maximum Gasteiger partial charge on any atom is 0.673 e. The van der Waals surface area contributed by atoms with Crippen molar-refractivity contribution >= 4 is 7.25 Å². The van der Waals surface area contributed by atoms with Crippen LogP contribution in [0.25, 0.3) is 4.98 Å². The molecule has 0 heterocycles. The van der Waals surface area contributed by atoms with Crippen LogP contribution in [0.4, 0.5) is 17.3 Å². The summed E-state index contributed by atoms with van der Waals surface area (Å²) in [7, 11) is -6.00. The van der Waals surface area contributed by atoms with Crippen molar-refractivity contribution in [2.24, 2.45) is 0 Å². The first-order valence-electron chi connectivity index (χ1n) is 2.21. The number of nitrogens with zero attached hydrogens (tertiary/aromatic N) is 2. The Labute approximate surface area is 55.3 Å². The molecule has 0 aliphatic carbocycles. The molecule has 7 heteroatoms. The highest BCUT2D eigenvalue weighted by Crippen LogP contribution is 2.06. The normalized spacial score (nSPS) is 8.70. The van der Waals surface area contributed by atoms with Crippen LogP contribution in [0, 0.1) is 5.39 Å². The Bertz CT molecular complexity index is 119. The smallest absolute Gasteiger partial charge is 0.418 e. The molecule has 2 nitrogen and oxygen atoms in total. The lowest BCUT2D eigenvalue weighted by Gasteiger charge is -1.94. The van der Waals surface area contributed by atoms with Gasteiger partial charge in [0.1, 0.15) is 4.98 Å². The van der Waals surface area contributed by atoms with E-state index in [-0.39, 0.29) is 0 Å². The summed E-state index contributed by atoms with van der Waals surface area (Å²) in [5.41, 5.74) is 0. The van der Waals surface area contributed by atoms with Crippen molar-refractivity contribution in [3.8, 4) is 0 Å². The van der Waals surface area contributed by atoms with Crippen molar-refractivity contribution in [1.29, 1.82) is 5.39 Å². The van der Waals surface area contributed by atoms with E-state index in [1.165, 1.54) is 6.08 Å². The minimum Gasteiger partial charge on any atom is -0.418 e. The van der Waals surface area contributed by atoms with E-state index in [0.29, 0.717) is 6.54 Å². The highest BCUT2D eigenvalue weighted by Gasteiger charge is 2.20. The quantitative estimate of drug-likeness (QED) is 0.247. The molecule has 0 saturated heterocycles. The van der Waals surface area contributed by atoms with Crippen molar-refractivity contribution < 1.29 is 17.3 Å². The van der Waals surface area contributed by atoms with Gasteiger partial charge in [0.25, 0.3) is 0 Å². The predicted octanol–water partition coefficient (Wildman–Crippen LogP) is 2.33. The van der Waals surface area contributed by atoms with Gasteiger partial charge in [0.15, 0.2) is 0 Å². The van der Waals surface area contributed by atoms with Crippen LogP contribution in [0.5, 0.6) is 0 Å². The SMILES string of the molecule is C=CC[N+]#N.F[B-](F)(F)F. The molecule has 0 aromatic rings. The maximum absolute atomic E-state index is 9.75. The third-order valence-electron chi connectivity index (χ3n) is 0.211. The van der Waals surface area contributed by atoms with Crippen LogP contribution in [0.15, 0.2) is 12.7 Å². The average molecular weight is 156 g/mol. The summed E-state index contributed by atoms with van der Waals surface area (Å²) in [4.78, 5) is 2.74. The van der Waals surface area contributed by atoms with Crippen molar-refractivity contribution in [2.75, 3.05) is 6.54 Å². The third kappa shape index (κ3) is 275. The summed E-state index contributed by atoms with van der Waals surface area (Å²) < 4.78 is 39.0. The number of rotatable bonds is 1. The van der Waals surface area contributed by atoms with Crippen LogP contribution < -0.4 is 0 Å². The van der Waals surface area contributed by atoms with Crippen LogP contribution >= 0.6 is 0 Å². The van der Waals surface area contributed by atoms with Crippen LogP contribution in [0.3, 0.4) is 0 Å². The standard InChI is InChI=1S/C3H5N2.BF4/c1-2-3-5-4;2-1(3,4)5/h2H,1,3H2;/q+1;-1. The Morgan fingerprint density at radius 3 is 1.70 bits per heavy atom. The first-order valence-corrected chi connectivity index (χ1v) is 2.21. The fourth-order valence-electron chi connectivity index (χ4n) is 0.0577. The highest BCUT2D eigenvalue weighted by molar-refractivity contribution is 6.50. The number of diazo groups is 1. The molecule has 0 amide bonds. The van der Waals surface area contributed by atoms with Crippen LogP contribution in [0.1, 0.15) is 0 Å². The fraction of sp³-hybridized carbons (Fsp3) is 0.333. The largest absolute Gasteiger partial charge is 0.673 e. The highest BCUT2D eigenvalue weighted by atomic mass is 19.5. The minimum absolute atomic E-state index is 0.333. The van der Waals surface area contributed by atoms with Gasteiger partial charge < -0.3 is 17.3 Å². The zero-order chi connectivity index (χ0) is 8.62. The van der Waals surface area contributed by atoms with E-state index in [4.69, 9.17) is 5.39 Å². The monoisotopic (exact) mass is 156 g/mol. The maximum atomic E-state index is 9.75. The molecular formula is C3H5BF4N2. The van der Waals surface area contributed by atoms with Crippen molar-refractivity contribution in [1.82, 2.24) is 0 Å². The second kappa shape index (κ2) is 6.07. The summed E-state index contributed by atoms with van der Waals surface area (Å²) in [6.07, 6.45) is 1.51. The molecule has 0 N–H and O–H groups in total. The third-order valence-corrected chi connectivity index (χ3v) is 0.211. The fourth-order valence-corrected chi connectivity index (χ4v) is 0.0577. The summed E-state index contributed by atoms with van der Waals surface area (Å²) in [5.74, 6) is 0. The van der Waals surface area contributed by atoms with Gasteiger partial charge in [0, 0.05) is 0 Å². The van der Waals surface area contributed by atoms with Gasteiger partial charge in [-0.3, -0.25) is 0 Å². The van der Waals surface area contributed by atoms with Gasteiger partial charge in [-0.2, -0.15) is 0 Å².